The summed E-state index contributed by atoms with van der Waals surface area (Å²) in [4.78, 5) is 0. The lowest BCUT2D eigenvalue weighted by Crippen LogP contribution is -2.11. The highest BCUT2D eigenvalue weighted by Crippen LogP contribution is 2.32. The van der Waals surface area contributed by atoms with Crippen molar-refractivity contribution in [2.45, 2.75) is 43.5 Å². The Balaban J connectivity index is 1.70. The van der Waals surface area contributed by atoms with Crippen molar-refractivity contribution in [2.24, 2.45) is 0 Å². The number of rotatable bonds is 4. The van der Waals surface area contributed by atoms with Crippen molar-refractivity contribution >= 4 is 22.5 Å². The van der Waals surface area contributed by atoms with E-state index < -0.39 is 0 Å². The average molecular weight is 286 g/mol. The van der Waals surface area contributed by atoms with Crippen LogP contribution in [-0.4, -0.2) is 16.1 Å². The molecule has 1 N–H and O–H groups in total. The van der Waals surface area contributed by atoms with E-state index in [0.29, 0.717) is 0 Å². The van der Waals surface area contributed by atoms with Gasteiger partial charge in [-0.3, -0.25) is 0 Å². The zero-order valence-corrected chi connectivity index (χ0v) is 12.6. The molecule has 0 aliphatic heterocycles. The second-order valence-corrected chi connectivity index (χ2v) is 7.01. The molecule has 0 saturated heterocycles. The topological polar surface area (TPSA) is 20.2 Å². The number of thioether (sulfide) groups is 1. The minimum atomic E-state index is -0.354. The first kappa shape index (κ1) is 14.0. The van der Waals surface area contributed by atoms with Crippen molar-refractivity contribution in [3.8, 4) is 0 Å². The van der Waals surface area contributed by atoms with Gasteiger partial charge >= 0.3 is 0 Å². The summed E-state index contributed by atoms with van der Waals surface area (Å²) in [6, 6.07) is 14.5. The lowest BCUT2D eigenvalue weighted by Gasteiger charge is -2.22. The van der Waals surface area contributed by atoms with E-state index in [9.17, 15) is 5.11 Å². The molecular formula is C18H22OS. The standard InChI is InChI=1S/C18H22OS/c19-18(13-20-15-9-2-1-3-10-15)17-12-6-8-14-7-4-5-11-16(14)17/h4-8,11-12,15,18-19H,1-3,9-10,13H2. The summed E-state index contributed by atoms with van der Waals surface area (Å²) >= 11 is 1.96. The van der Waals surface area contributed by atoms with Crippen LogP contribution in [0.5, 0.6) is 0 Å². The number of hydrogen-bond donors (Lipinski definition) is 1. The molecule has 0 radical (unpaired) electrons. The molecule has 1 aliphatic carbocycles. The Morgan fingerprint density at radius 1 is 1.00 bits per heavy atom. The highest BCUT2D eigenvalue weighted by atomic mass is 32.2. The van der Waals surface area contributed by atoms with Crippen molar-refractivity contribution in [3.63, 3.8) is 0 Å². The summed E-state index contributed by atoms with van der Waals surface area (Å²) in [7, 11) is 0. The minimum absolute atomic E-state index is 0.354. The lowest BCUT2D eigenvalue weighted by molar-refractivity contribution is 0.205. The molecule has 0 spiro atoms. The normalized spacial score (nSPS) is 18.2. The molecule has 2 heteroatoms. The van der Waals surface area contributed by atoms with Crippen molar-refractivity contribution in [1.82, 2.24) is 0 Å². The number of fused-ring (bicyclic) bond motifs is 1. The van der Waals surface area contributed by atoms with E-state index in [4.69, 9.17) is 0 Å². The van der Waals surface area contributed by atoms with E-state index in [1.54, 1.807) is 0 Å². The van der Waals surface area contributed by atoms with Crippen molar-refractivity contribution in [3.05, 3.63) is 48.0 Å². The quantitative estimate of drug-likeness (QED) is 0.859. The van der Waals surface area contributed by atoms with Crippen LogP contribution in [0, 0.1) is 0 Å². The summed E-state index contributed by atoms with van der Waals surface area (Å²) in [6.07, 6.45) is 6.42. The molecule has 1 fully saturated rings. The van der Waals surface area contributed by atoms with Gasteiger partial charge in [0.25, 0.3) is 0 Å². The van der Waals surface area contributed by atoms with Crippen molar-refractivity contribution in [2.75, 3.05) is 5.75 Å². The van der Waals surface area contributed by atoms with Crippen LogP contribution in [0.4, 0.5) is 0 Å². The third-order valence-corrected chi connectivity index (χ3v) is 5.68. The van der Waals surface area contributed by atoms with Crippen LogP contribution in [0.25, 0.3) is 10.8 Å². The second-order valence-electron chi connectivity index (χ2n) is 5.68. The third kappa shape index (κ3) is 3.18. The summed E-state index contributed by atoms with van der Waals surface area (Å²) in [5.74, 6) is 0.818. The van der Waals surface area contributed by atoms with Crippen LogP contribution in [0.15, 0.2) is 42.5 Å². The molecule has 0 aromatic heterocycles. The molecule has 1 saturated carbocycles. The minimum Gasteiger partial charge on any atom is -0.388 e. The Morgan fingerprint density at radius 3 is 2.60 bits per heavy atom. The predicted octanol–water partition coefficient (Wildman–Crippen LogP) is 4.94. The Kier molecular flexibility index (Phi) is 4.64. The van der Waals surface area contributed by atoms with Gasteiger partial charge in [0.05, 0.1) is 6.10 Å². The van der Waals surface area contributed by atoms with E-state index >= 15 is 0 Å². The Morgan fingerprint density at radius 2 is 1.75 bits per heavy atom. The maximum absolute atomic E-state index is 10.5. The van der Waals surface area contributed by atoms with Crippen LogP contribution in [0.3, 0.4) is 0 Å². The van der Waals surface area contributed by atoms with Gasteiger partial charge in [0.2, 0.25) is 0 Å². The zero-order valence-electron chi connectivity index (χ0n) is 11.8. The van der Waals surface area contributed by atoms with E-state index in [0.717, 1.165) is 16.6 Å². The van der Waals surface area contributed by atoms with Crippen molar-refractivity contribution < 1.29 is 5.11 Å². The molecule has 2 aromatic carbocycles. The van der Waals surface area contributed by atoms with Crippen LogP contribution in [0.2, 0.25) is 0 Å². The Labute approximate surface area is 125 Å². The van der Waals surface area contributed by atoms with Gasteiger partial charge in [-0.05, 0) is 29.2 Å². The Bertz CT molecular complexity index is 555. The number of aliphatic hydroxyl groups is 1. The fourth-order valence-corrected chi connectivity index (χ4v) is 4.39. The average Bonchev–Trinajstić information content (AvgIpc) is 2.53. The fourth-order valence-electron chi connectivity index (χ4n) is 3.09. The highest BCUT2D eigenvalue weighted by Gasteiger charge is 2.17. The van der Waals surface area contributed by atoms with Crippen LogP contribution in [-0.2, 0) is 0 Å². The fraction of sp³-hybridized carbons (Fsp3) is 0.444. The van der Waals surface area contributed by atoms with Gasteiger partial charge in [-0.1, -0.05) is 61.7 Å². The maximum Gasteiger partial charge on any atom is 0.0886 e. The van der Waals surface area contributed by atoms with Gasteiger partial charge < -0.3 is 5.11 Å². The summed E-state index contributed by atoms with van der Waals surface area (Å²) in [6.45, 7) is 0. The molecule has 0 bridgehead atoms. The van der Waals surface area contributed by atoms with Gasteiger partial charge in [-0.15, -0.1) is 0 Å². The first-order chi connectivity index (χ1) is 9.84. The number of aliphatic hydroxyl groups excluding tert-OH is 1. The highest BCUT2D eigenvalue weighted by molar-refractivity contribution is 7.99. The van der Waals surface area contributed by atoms with Crippen LogP contribution >= 0.6 is 11.8 Å². The zero-order chi connectivity index (χ0) is 13.8. The van der Waals surface area contributed by atoms with Gasteiger partial charge in [-0.25, -0.2) is 0 Å². The first-order valence-electron chi connectivity index (χ1n) is 7.62. The monoisotopic (exact) mass is 286 g/mol. The first-order valence-corrected chi connectivity index (χ1v) is 8.67. The summed E-state index contributed by atoms with van der Waals surface area (Å²) < 4.78 is 0. The predicted molar refractivity (Wildman–Crippen MR) is 88.2 cm³/mol. The number of benzene rings is 2. The maximum atomic E-state index is 10.5. The van der Waals surface area contributed by atoms with Crippen LogP contribution < -0.4 is 0 Å². The van der Waals surface area contributed by atoms with E-state index in [1.165, 1.54) is 42.9 Å². The molecule has 0 heterocycles. The third-order valence-electron chi connectivity index (χ3n) is 4.22. The summed E-state index contributed by atoms with van der Waals surface area (Å²) in [5.41, 5.74) is 1.08. The molecule has 3 rings (SSSR count). The molecule has 2 aromatic rings. The van der Waals surface area contributed by atoms with Gasteiger partial charge in [0, 0.05) is 11.0 Å². The molecule has 1 aliphatic rings. The van der Waals surface area contributed by atoms with E-state index in [1.807, 2.05) is 23.9 Å². The summed E-state index contributed by atoms with van der Waals surface area (Å²) in [5, 5.41) is 13.7. The molecular weight excluding hydrogens is 264 g/mol. The lowest BCUT2D eigenvalue weighted by atomic mass is 10.0. The smallest absolute Gasteiger partial charge is 0.0886 e. The largest absolute Gasteiger partial charge is 0.388 e. The molecule has 1 atom stereocenters. The van der Waals surface area contributed by atoms with E-state index in [-0.39, 0.29) is 6.10 Å². The SMILES string of the molecule is OC(CSC1CCCCC1)c1cccc2ccccc12. The van der Waals surface area contributed by atoms with Crippen molar-refractivity contribution in [1.29, 1.82) is 0 Å². The molecule has 1 unspecified atom stereocenters. The van der Waals surface area contributed by atoms with Gasteiger partial charge in [0.15, 0.2) is 0 Å². The molecule has 0 amide bonds. The Hall–Kier alpha value is -0.990. The molecule has 20 heavy (non-hydrogen) atoms. The van der Waals surface area contributed by atoms with Gasteiger partial charge in [0.1, 0.15) is 0 Å². The molecule has 106 valence electrons. The number of hydrogen-bond acceptors (Lipinski definition) is 2. The molecule has 1 nitrogen and oxygen atoms in total. The second kappa shape index (κ2) is 6.64. The van der Waals surface area contributed by atoms with Crippen LogP contribution in [0.1, 0.15) is 43.8 Å². The van der Waals surface area contributed by atoms with Gasteiger partial charge in [-0.2, -0.15) is 11.8 Å². The van der Waals surface area contributed by atoms with E-state index in [2.05, 4.69) is 30.3 Å².